The molecule has 0 aliphatic rings. The highest BCUT2D eigenvalue weighted by Gasteiger charge is 2.17. The first-order valence-electron chi connectivity index (χ1n) is 11.8. The number of halogens is 2. The largest absolute Gasteiger partial charge is 0.442 e. The summed E-state index contributed by atoms with van der Waals surface area (Å²) >= 11 is 0. The standard InChI is InChI=1S/C30H26F2N2O3/c1-20(21-9-3-2-4-10-21)37-30(36)34-18-22-11-5-6-12-25(22)26-13-7-8-14-27(26)29(35)33-19-23-15-16-24(31)17-28(23)32/h2-17,20H,18-19H2,1H3,(H,33,35)(H,34,36). The maximum absolute atomic E-state index is 14.0. The molecule has 1 atom stereocenters. The van der Waals surface area contributed by atoms with Crippen molar-refractivity contribution in [2.45, 2.75) is 26.1 Å². The lowest BCUT2D eigenvalue weighted by molar-refractivity contribution is 0.0950. The molecule has 0 fully saturated rings. The van der Waals surface area contributed by atoms with E-state index in [0.717, 1.165) is 28.8 Å². The first-order chi connectivity index (χ1) is 17.9. The summed E-state index contributed by atoms with van der Waals surface area (Å²) in [7, 11) is 0. The molecule has 4 aromatic rings. The molecule has 0 aliphatic heterocycles. The molecule has 4 rings (SSSR count). The summed E-state index contributed by atoms with van der Waals surface area (Å²) in [6.45, 7) is 1.90. The number of carbonyl (C=O) groups is 2. The highest BCUT2D eigenvalue weighted by atomic mass is 19.1. The maximum Gasteiger partial charge on any atom is 0.408 e. The Labute approximate surface area is 214 Å². The molecule has 0 saturated carbocycles. The van der Waals surface area contributed by atoms with Gasteiger partial charge in [-0.2, -0.15) is 0 Å². The molecule has 0 spiro atoms. The van der Waals surface area contributed by atoms with Gasteiger partial charge >= 0.3 is 6.09 Å². The van der Waals surface area contributed by atoms with Gasteiger partial charge in [0.2, 0.25) is 0 Å². The van der Waals surface area contributed by atoms with E-state index < -0.39 is 29.7 Å². The van der Waals surface area contributed by atoms with Gasteiger partial charge in [-0.25, -0.2) is 13.6 Å². The van der Waals surface area contributed by atoms with Crippen LogP contribution in [0.5, 0.6) is 0 Å². The van der Waals surface area contributed by atoms with Gasteiger partial charge in [0, 0.05) is 30.3 Å². The second kappa shape index (κ2) is 11.9. The molecule has 0 aromatic heterocycles. The Hall–Kier alpha value is -4.52. The number of alkyl carbamates (subject to hydrolysis) is 1. The van der Waals surface area contributed by atoms with Crippen molar-refractivity contribution in [2.24, 2.45) is 0 Å². The molecule has 0 heterocycles. The number of ether oxygens (including phenoxy) is 1. The number of rotatable bonds is 8. The monoisotopic (exact) mass is 500 g/mol. The molecule has 37 heavy (non-hydrogen) atoms. The Bertz CT molecular complexity index is 1390. The zero-order valence-corrected chi connectivity index (χ0v) is 20.2. The van der Waals surface area contributed by atoms with E-state index in [1.165, 1.54) is 6.07 Å². The fraction of sp³-hybridized carbons (Fsp3) is 0.133. The number of carbonyl (C=O) groups excluding carboxylic acids is 2. The van der Waals surface area contributed by atoms with Crippen molar-refractivity contribution in [1.82, 2.24) is 10.6 Å². The van der Waals surface area contributed by atoms with Gasteiger partial charge in [0.25, 0.3) is 5.91 Å². The molecule has 2 N–H and O–H groups in total. The average Bonchev–Trinajstić information content (AvgIpc) is 2.92. The number of hydrogen-bond acceptors (Lipinski definition) is 3. The number of hydrogen-bond donors (Lipinski definition) is 2. The fourth-order valence-electron chi connectivity index (χ4n) is 3.95. The molecule has 0 saturated heterocycles. The highest BCUT2D eigenvalue weighted by molar-refractivity contribution is 6.01. The molecule has 0 bridgehead atoms. The molecule has 5 nitrogen and oxygen atoms in total. The fourth-order valence-corrected chi connectivity index (χ4v) is 3.95. The van der Waals surface area contributed by atoms with E-state index in [-0.39, 0.29) is 18.7 Å². The van der Waals surface area contributed by atoms with Crippen LogP contribution in [0.4, 0.5) is 13.6 Å². The Morgan fingerprint density at radius 2 is 1.41 bits per heavy atom. The van der Waals surface area contributed by atoms with Crippen molar-refractivity contribution in [3.63, 3.8) is 0 Å². The summed E-state index contributed by atoms with van der Waals surface area (Å²) in [5.74, 6) is -1.81. The molecular formula is C30H26F2N2O3. The van der Waals surface area contributed by atoms with Crippen molar-refractivity contribution < 1.29 is 23.1 Å². The molecule has 0 radical (unpaired) electrons. The Kier molecular flexibility index (Phi) is 8.26. The summed E-state index contributed by atoms with van der Waals surface area (Å²) in [5.41, 5.74) is 3.66. The number of benzene rings is 4. The summed E-state index contributed by atoms with van der Waals surface area (Å²) in [5, 5.41) is 5.48. The topological polar surface area (TPSA) is 67.4 Å². The van der Waals surface area contributed by atoms with Crippen LogP contribution in [0, 0.1) is 11.6 Å². The quantitative estimate of drug-likeness (QED) is 0.288. The van der Waals surface area contributed by atoms with Crippen LogP contribution >= 0.6 is 0 Å². The van der Waals surface area contributed by atoms with Crippen LogP contribution in [0.3, 0.4) is 0 Å². The zero-order chi connectivity index (χ0) is 26.2. The minimum Gasteiger partial charge on any atom is -0.442 e. The first-order valence-corrected chi connectivity index (χ1v) is 11.8. The van der Waals surface area contributed by atoms with Gasteiger partial charge in [0.05, 0.1) is 0 Å². The average molecular weight is 501 g/mol. The Morgan fingerprint density at radius 3 is 2.16 bits per heavy atom. The van der Waals surface area contributed by atoms with Crippen molar-refractivity contribution in [2.75, 3.05) is 0 Å². The predicted molar refractivity (Wildman–Crippen MR) is 138 cm³/mol. The molecule has 0 aliphatic carbocycles. The van der Waals surface area contributed by atoms with Crippen LogP contribution in [0.2, 0.25) is 0 Å². The minimum absolute atomic E-state index is 0.0894. The lowest BCUT2D eigenvalue weighted by atomic mass is 9.95. The van der Waals surface area contributed by atoms with E-state index in [0.29, 0.717) is 11.1 Å². The van der Waals surface area contributed by atoms with Gasteiger partial charge in [0.15, 0.2) is 0 Å². The van der Waals surface area contributed by atoms with E-state index in [4.69, 9.17) is 4.74 Å². The van der Waals surface area contributed by atoms with E-state index >= 15 is 0 Å². The van der Waals surface area contributed by atoms with Crippen LogP contribution in [-0.4, -0.2) is 12.0 Å². The summed E-state index contributed by atoms with van der Waals surface area (Å²) in [6, 6.07) is 27.1. The van der Waals surface area contributed by atoms with Crippen LogP contribution in [0.15, 0.2) is 97.1 Å². The minimum atomic E-state index is -0.724. The van der Waals surface area contributed by atoms with E-state index in [2.05, 4.69) is 10.6 Å². The van der Waals surface area contributed by atoms with Crippen molar-refractivity contribution >= 4 is 12.0 Å². The second-order valence-corrected chi connectivity index (χ2v) is 8.43. The van der Waals surface area contributed by atoms with E-state index in [1.807, 2.05) is 66.7 Å². The van der Waals surface area contributed by atoms with E-state index in [1.54, 1.807) is 19.1 Å². The van der Waals surface area contributed by atoms with Crippen molar-refractivity contribution in [3.8, 4) is 11.1 Å². The third-order valence-corrected chi connectivity index (χ3v) is 5.91. The smallest absolute Gasteiger partial charge is 0.408 e. The van der Waals surface area contributed by atoms with Crippen LogP contribution in [0.1, 0.15) is 40.1 Å². The van der Waals surface area contributed by atoms with E-state index in [9.17, 15) is 18.4 Å². The highest BCUT2D eigenvalue weighted by Crippen LogP contribution is 2.27. The van der Waals surface area contributed by atoms with Crippen molar-refractivity contribution in [1.29, 1.82) is 0 Å². The van der Waals surface area contributed by atoms with Gasteiger partial charge in [-0.1, -0.05) is 78.9 Å². The molecular weight excluding hydrogens is 474 g/mol. The molecule has 7 heteroatoms. The Morgan fingerprint density at radius 1 is 0.757 bits per heavy atom. The molecule has 4 aromatic carbocycles. The van der Waals surface area contributed by atoms with Crippen molar-refractivity contribution in [3.05, 3.63) is 131 Å². The summed E-state index contributed by atoms with van der Waals surface area (Å²) < 4.78 is 32.7. The predicted octanol–water partition coefficient (Wildman–Crippen LogP) is 6.55. The van der Waals surface area contributed by atoms with Crippen LogP contribution < -0.4 is 10.6 Å². The molecule has 2 amide bonds. The normalized spacial score (nSPS) is 11.4. The van der Waals surface area contributed by atoms with Crippen LogP contribution in [0.25, 0.3) is 11.1 Å². The summed E-state index contributed by atoms with van der Waals surface area (Å²) in [4.78, 5) is 25.5. The molecule has 1 unspecified atom stereocenters. The van der Waals surface area contributed by atoms with Gasteiger partial charge in [-0.15, -0.1) is 0 Å². The SMILES string of the molecule is CC(OC(=O)NCc1ccccc1-c1ccccc1C(=O)NCc1ccc(F)cc1F)c1ccccc1. The second-order valence-electron chi connectivity index (χ2n) is 8.43. The third-order valence-electron chi connectivity index (χ3n) is 5.91. The van der Waals surface area contributed by atoms with Gasteiger partial charge in [-0.3, -0.25) is 4.79 Å². The lowest BCUT2D eigenvalue weighted by Gasteiger charge is -2.16. The van der Waals surface area contributed by atoms with Gasteiger partial charge in [-0.05, 0) is 41.3 Å². The maximum atomic E-state index is 14.0. The first kappa shape index (κ1) is 25.6. The zero-order valence-electron chi connectivity index (χ0n) is 20.2. The third kappa shape index (κ3) is 6.58. The number of nitrogens with one attached hydrogen (secondary N) is 2. The number of amides is 2. The lowest BCUT2D eigenvalue weighted by Crippen LogP contribution is -2.25. The Balaban J connectivity index is 1.47. The van der Waals surface area contributed by atoms with Gasteiger partial charge in [0.1, 0.15) is 17.7 Å². The van der Waals surface area contributed by atoms with Crippen LogP contribution in [-0.2, 0) is 17.8 Å². The molecule has 188 valence electrons. The van der Waals surface area contributed by atoms with Gasteiger partial charge < -0.3 is 15.4 Å². The summed E-state index contributed by atoms with van der Waals surface area (Å²) in [6.07, 6.45) is -0.967.